The second-order valence-corrected chi connectivity index (χ2v) is 6.08. The number of para-hydroxylation sites is 1. The highest BCUT2D eigenvalue weighted by Gasteiger charge is 2.17. The molecule has 0 aromatic heterocycles. The lowest BCUT2D eigenvalue weighted by Crippen LogP contribution is -2.22. The molecule has 26 heavy (non-hydrogen) atoms. The first-order valence-electron chi connectivity index (χ1n) is 8.05. The van der Waals surface area contributed by atoms with E-state index in [2.05, 4.69) is 10.5 Å². The number of rotatable bonds is 5. The fraction of sp³-hybridized carbons (Fsp3) is 0.0476. The van der Waals surface area contributed by atoms with Gasteiger partial charge in [0.25, 0.3) is 5.90 Å². The lowest BCUT2D eigenvalue weighted by atomic mass is 10.1. The molecule has 0 fully saturated rings. The van der Waals surface area contributed by atoms with Gasteiger partial charge in [-0.05, 0) is 43.3 Å². The molecule has 0 spiro atoms. The van der Waals surface area contributed by atoms with E-state index >= 15 is 0 Å². The van der Waals surface area contributed by atoms with Crippen LogP contribution >= 0.6 is 11.6 Å². The number of benzene rings is 3. The maximum Gasteiger partial charge on any atom is 0.285 e. The zero-order valence-electron chi connectivity index (χ0n) is 14.1. The lowest BCUT2D eigenvalue weighted by molar-refractivity contribution is 0.104. The van der Waals surface area contributed by atoms with Crippen molar-refractivity contribution in [3.8, 4) is 5.75 Å². The normalized spacial score (nSPS) is 11.1. The van der Waals surface area contributed by atoms with Gasteiger partial charge in [0.05, 0.1) is 5.69 Å². The first-order chi connectivity index (χ1) is 12.6. The maximum absolute atomic E-state index is 12.8. The molecule has 0 saturated carbocycles. The Hall–Kier alpha value is -3.11. The van der Waals surface area contributed by atoms with Crippen molar-refractivity contribution in [3.05, 3.63) is 95.0 Å². The van der Waals surface area contributed by atoms with Gasteiger partial charge in [-0.3, -0.25) is 10.2 Å². The number of hydrogen-bond donors (Lipinski definition) is 1. The van der Waals surface area contributed by atoms with Crippen LogP contribution in [0.3, 0.4) is 0 Å². The van der Waals surface area contributed by atoms with Crippen LogP contribution in [-0.2, 0) is 0 Å². The fourth-order valence-corrected chi connectivity index (χ4v) is 2.31. The van der Waals surface area contributed by atoms with E-state index in [1.807, 2.05) is 37.3 Å². The molecule has 0 radical (unpaired) electrons. The van der Waals surface area contributed by atoms with Gasteiger partial charge in [0.15, 0.2) is 0 Å². The van der Waals surface area contributed by atoms with Crippen LogP contribution in [0.2, 0.25) is 5.02 Å². The summed E-state index contributed by atoms with van der Waals surface area (Å²) in [6.07, 6.45) is 0. The predicted molar refractivity (Wildman–Crippen MR) is 105 cm³/mol. The average molecular weight is 365 g/mol. The Balaban J connectivity index is 1.87. The molecule has 0 bridgehead atoms. The second kappa shape index (κ2) is 8.32. The summed E-state index contributed by atoms with van der Waals surface area (Å²) in [5.41, 5.74) is 5.11. The van der Waals surface area contributed by atoms with Crippen LogP contribution in [0, 0.1) is 6.92 Å². The Bertz CT molecular complexity index is 905. The van der Waals surface area contributed by atoms with Crippen molar-refractivity contribution in [2.45, 2.75) is 6.92 Å². The van der Waals surface area contributed by atoms with Crippen molar-refractivity contribution < 1.29 is 9.53 Å². The number of halogens is 1. The predicted octanol–water partition coefficient (Wildman–Crippen LogP) is 5.34. The highest BCUT2D eigenvalue weighted by molar-refractivity contribution is 6.43. The summed E-state index contributed by atoms with van der Waals surface area (Å²) in [7, 11) is 0. The van der Waals surface area contributed by atoms with Crippen LogP contribution in [0.1, 0.15) is 15.9 Å². The minimum absolute atomic E-state index is 0.0463. The van der Waals surface area contributed by atoms with Gasteiger partial charge in [-0.1, -0.05) is 59.6 Å². The standard InChI is InChI=1S/C21H17ClN2O2/c1-15-7-9-16(10-8-15)20(25)21(26-19-5-3-2-4-6-19)24-23-18-13-11-17(22)12-14-18/h2-14,23H,1H3/b24-21-. The van der Waals surface area contributed by atoms with E-state index in [1.165, 1.54) is 0 Å². The van der Waals surface area contributed by atoms with Crippen molar-refractivity contribution >= 4 is 29.0 Å². The van der Waals surface area contributed by atoms with Gasteiger partial charge in [-0.15, -0.1) is 5.10 Å². The van der Waals surface area contributed by atoms with E-state index in [-0.39, 0.29) is 11.7 Å². The van der Waals surface area contributed by atoms with Crippen LogP contribution in [0.4, 0.5) is 5.69 Å². The van der Waals surface area contributed by atoms with Crippen molar-refractivity contribution in [2.24, 2.45) is 5.10 Å². The van der Waals surface area contributed by atoms with Crippen LogP contribution < -0.4 is 10.2 Å². The van der Waals surface area contributed by atoms with Crippen LogP contribution in [0.15, 0.2) is 84.0 Å². The van der Waals surface area contributed by atoms with E-state index in [0.29, 0.717) is 22.0 Å². The molecule has 0 atom stereocenters. The number of Topliss-reactive ketones (excluding diaryl/α,β-unsaturated/α-hetero) is 1. The fourth-order valence-electron chi connectivity index (χ4n) is 2.19. The molecule has 0 aliphatic carbocycles. The molecule has 0 aliphatic rings. The summed E-state index contributed by atoms with van der Waals surface area (Å²) in [6, 6.07) is 23.3. The van der Waals surface area contributed by atoms with Gasteiger partial charge in [0, 0.05) is 10.6 Å². The molecule has 130 valence electrons. The summed E-state index contributed by atoms with van der Waals surface area (Å²) >= 11 is 5.88. The smallest absolute Gasteiger partial charge is 0.285 e. The Morgan fingerprint density at radius 3 is 2.23 bits per heavy atom. The molecule has 0 heterocycles. The molecular weight excluding hydrogens is 348 g/mol. The molecule has 3 aromatic rings. The van der Waals surface area contributed by atoms with Crippen molar-refractivity contribution in [1.29, 1.82) is 0 Å². The van der Waals surface area contributed by atoms with Crippen molar-refractivity contribution in [1.82, 2.24) is 0 Å². The summed E-state index contributed by atoms with van der Waals surface area (Å²) in [5, 5.41) is 4.79. The number of ether oxygens (including phenoxy) is 1. The molecular formula is C21H17ClN2O2. The summed E-state index contributed by atoms with van der Waals surface area (Å²) in [5.74, 6) is 0.176. The zero-order valence-corrected chi connectivity index (χ0v) is 14.9. The highest BCUT2D eigenvalue weighted by Crippen LogP contribution is 2.15. The molecule has 0 amide bonds. The van der Waals surface area contributed by atoms with Gasteiger partial charge < -0.3 is 4.74 Å². The van der Waals surface area contributed by atoms with Gasteiger partial charge >= 0.3 is 0 Å². The molecule has 3 rings (SSSR count). The van der Waals surface area contributed by atoms with Gasteiger partial charge in [-0.2, -0.15) is 0 Å². The van der Waals surface area contributed by atoms with E-state index in [1.54, 1.807) is 48.5 Å². The van der Waals surface area contributed by atoms with Crippen molar-refractivity contribution in [2.75, 3.05) is 5.43 Å². The number of aryl methyl sites for hydroxylation is 1. The third-order valence-electron chi connectivity index (χ3n) is 3.60. The average Bonchev–Trinajstić information content (AvgIpc) is 2.67. The van der Waals surface area contributed by atoms with Gasteiger partial charge in [0.1, 0.15) is 5.75 Å². The Labute approximate surface area is 157 Å². The maximum atomic E-state index is 12.8. The number of hydrogen-bond acceptors (Lipinski definition) is 4. The SMILES string of the molecule is Cc1ccc(C(=O)/C(=N/Nc2ccc(Cl)cc2)Oc2ccccc2)cc1. The molecule has 0 saturated heterocycles. The molecule has 1 N–H and O–H groups in total. The molecule has 4 nitrogen and oxygen atoms in total. The quantitative estimate of drug-likeness (QED) is 0.288. The van der Waals surface area contributed by atoms with E-state index in [0.717, 1.165) is 5.56 Å². The third kappa shape index (κ3) is 4.71. The number of nitrogens with zero attached hydrogens (tertiary/aromatic N) is 1. The second-order valence-electron chi connectivity index (χ2n) is 5.65. The summed E-state index contributed by atoms with van der Waals surface area (Å²) in [4.78, 5) is 12.8. The first kappa shape index (κ1) is 17.7. The topological polar surface area (TPSA) is 50.7 Å². The Kier molecular flexibility index (Phi) is 5.66. The van der Waals surface area contributed by atoms with Crippen LogP contribution in [0.25, 0.3) is 0 Å². The van der Waals surface area contributed by atoms with E-state index in [4.69, 9.17) is 16.3 Å². The van der Waals surface area contributed by atoms with E-state index in [9.17, 15) is 4.79 Å². The molecule has 5 heteroatoms. The Morgan fingerprint density at radius 1 is 0.923 bits per heavy atom. The molecule has 3 aromatic carbocycles. The number of anilines is 1. The first-order valence-corrected chi connectivity index (χ1v) is 8.43. The Morgan fingerprint density at radius 2 is 1.58 bits per heavy atom. The highest BCUT2D eigenvalue weighted by atomic mass is 35.5. The lowest BCUT2D eigenvalue weighted by Gasteiger charge is -2.09. The van der Waals surface area contributed by atoms with Gasteiger partial charge in [-0.25, -0.2) is 0 Å². The summed E-state index contributed by atoms with van der Waals surface area (Å²) < 4.78 is 5.72. The molecule has 0 unspecified atom stereocenters. The zero-order chi connectivity index (χ0) is 18.4. The van der Waals surface area contributed by atoms with Crippen molar-refractivity contribution in [3.63, 3.8) is 0 Å². The van der Waals surface area contributed by atoms with E-state index < -0.39 is 0 Å². The number of carbonyl (C=O) groups is 1. The minimum Gasteiger partial charge on any atom is -0.435 e. The number of nitrogens with one attached hydrogen (secondary N) is 1. The molecule has 0 aliphatic heterocycles. The minimum atomic E-state index is -0.310. The number of hydrazone groups is 1. The van der Waals surface area contributed by atoms with Crippen LogP contribution in [0.5, 0.6) is 5.75 Å². The van der Waals surface area contributed by atoms with Crippen LogP contribution in [-0.4, -0.2) is 11.7 Å². The van der Waals surface area contributed by atoms with Gasteiger partial charge in [0.2, 0.25) is 5.78 Å². The summed E-state index contributed by atoms with van der Waals surface area (Å²) in [6.45, 7) is 1.96. The monoisotopic (exact) mass is 364 g/mol. The number of ketones is 1. The third-order valence-corrected chi connectivity index (χ3v) is 3.85. The number of carbonyl (C=O) groups excluding carboxylic acids is 1. The largest absolute Gasteiger partial charge is 0.435 e.